The molecule has 1 spiro atoms. The maximum absolute atomic E-state index is 13.4. The molecule has 2 saturated heterocycles. The summed E-state index contributed by atoms with van der Waals surface area (Å²) in [6, 6.07) is 11.5. The van der Waals surface area contributed by atoms with Gasteiger partial charge in [-0.05, 0) is 29.3 Å². The number of amides is 2. The molecule has 2 aromatic rings. The van der Waals surface area contributed by atoms with E-state index in [2.05, 4.69) is 4.98 Å². The van der Waals surface area contributed by atoms with Gasteiger partial charge in [-0.2, -0.15) is 0 Å². The topological polar surface area (TPSA) is 72.0 Å². The predicted octanol–water partition coefficient (Wildman–Crippen LogP) is 2.03. The first-order valence-corrected chi connectivity index (χ1v) is 10.4. The summed E-state index contributed by atoms with van der Waals surface area (Å²) in [5.74, 6) is -0.333. The maximum atomic E-state index is 13.4. The van der Waals surface area contributed by atoms with Crippen LogP contribution in [0, 0.1) is 11.8 Å². The molecule has 5 rings (SSSR count). The van der Waals surface area contributed by atoms with Gasteiger partial charge in [0.15, 0.2) is 0 Å². The third kappa shape index (κ3) is 3.29. The van der Waals surface area contributed by atoms with Gasteiger partial charge in [0.2, 0.25) is 11.8 Å². The van der Waals surface area contributed by atoms with Gasteiger partial charge in [0.05, 0.1) is 31.6 Å². The number of carbonyl (C=O) groups is 2. The van der Waals surface area contributed by atoms with Crippen LogP contribution in [-0.4, -0.2) is 59.0 Å². The monoisotopic (exact) mass is 419 g/mol. The predicted molar refractivity (Wildman–Crippen MR) is 113 cm³/mol. The van der Waals surface area contributed by atoms with E-state index in [4.69, 9.17) is 9.47 Å². The Hall–Kier alpha value is -3.19. The second-order valence-electron chi connectivity index (χ2n) is 8.50. The number of hydrogen-bond donors (Lipinski definition) is 0. The molecular weight excluding hydrogens is 394 g/mol. The molecule has 4 unspecified atom stereocenters. The van der Waals surface area contributed by atoms with Crippen LogP contribution in [0.2, 0.25) is 0 Å². The van der Waals surface area contributed by atoms with Crippen LogP contribution in [-0.2, 0) is 27.4 Å². The average Bonchev–Trinajstić information content (AvgIpc) is 3.42. The van der Waals surface area contributed by atoms with Crippen molar-refractivity contribution in [1.82, 2.24) is 14.8 Å². The molecule has 0 N–H and O–H groups in total. The summed E-state index contributed by atoms with van der Waals surface area (Å²) in [4.78, 5) is 34.4. The van der Waals surface area contributed by atoms with Crippen LogP contribution in [0.3, 0.4) is 0 Å². The van der Waals surface area contributed by atoms with Crippen molar-refractivity contribution in [3.8, 4) is 5.75 Å². The van der Waals surface area contributed by atoms with Crippen LogP contribution < -0.4 is 4.74 Å². The fourth-order valence-electron chi connectivity index (χ4n) is 5.08. The van der Waals surface area contributed by atoms with E-state index in [0.717, 1.165) is 16.9 Å². The van der Waals surface area contributed by atoms with E-state index in [0.29, 0.717) is 19.6 Å². The normalized spacial score (nSPS) is 28.1. The lowest BCUT2D eigenvalue weighted by Gasteiger charge is -2.27. The fraction of sp³-hybridized carbons (Fsp3) is 0.375. The number of nitrogens with zero attached hydrogens (tertiary/aromatic N) is 3. The maximum Gasteiger partial charge on any atom is 0.230 e. The molecule has 7 nitrogen and oxygen atoms in total. The quantitative estimate of drug-likeness (QED) is 0.670. The summed E-state index contributed by atoms with van der Waals surface area (Å²) in [5.41, 5.74) is 1.22. The minimum atomic E-state index is -0.712. The molecule has 0 aliphatic carbocycles. The van der Waals surface area contributed by atoms with Crippen molar-refractivity contribution in [3.63, 3.8) is 0 Å². The largest absolute Gasteiger partial charge is 0.497 e. The Labute approximate surface area is 181 Å². The highest BCUT2D eigenvalue weighted by Crippen LogP contribution is 2.52. The van der Waals surface area contributed by atoms with Gasteiger partial charge in [0, 0.05) is 32.5 Å². The summed E-state index contributed by atoms with van der Waals surface area (Å²) in [6.07, 6.45) is 7.03. The van der Waals surface area contributed by atoms with Crippen molar-refractivity contribution in [3.05, 3.63) is 72.1 Å². The van der Waals surface area contributed by atoms with Gasteiger partial charge >= 0.3 is 0 Å². The first-order chi connectivity index (χ1) is 15.0. The summed E-state index contributed by atoms with van der Waals surface area (Å²) in [7, 11) is 3.39. The zero-order valence-electron chi connectivity index (χ0n) is 17.6. The Morgan fingerprint density at radius 2 is 2.16 bits per heavy atom. The van der Waals surface area contributed by atoms with Crippen LogP contribution in [0.1, 0.15) is 11.1 Å². The van der Waals surface area contributed by atoms with Crippen LogP contribution in [0.25, 0.3) is 0 Å². The van der Waals surface area contributed by atoms with Crippen LogP contribution in [0.4, 0.5) is 0 Å². The lowest BCUT2D eigenvalue weighted by Crippen LogP contribution is -2.44. The fourth-order valence-corrected chi connectivity index (χ4v) is 5.08. The second kappa shape index (κ2) is 7.50. The number of pyridine rings is 1. The Balaban J connectivity index is 1.35. The minimum absolute atomic E-state index is 0.0252. The van der Waals surface area contributed by atoms with Crippen LogP contribution in [0.15, 0.2) is 60.9 Å². The molecule has 4 atom stereocenters. The summed E-state index contributed by atoms with van der Waals surface area (Å²) in [5, 5.41) is 0. The summed E-state index contributed by atoms with van der Waals surface area (Å²) >= 11 is 0. The summed E-state index contributed by atoms with van der Waals surface area (Å²) in [6.45, 7) is 1.36. The van der Waals surface area contributed by atoms with E-state index in [1.54, 1.807) is 36.4 Å². The molecule has 1 aromatic heterocycles. The molecule has 3 aliphatic heterocycles. The lowest BCUT2D eigenvalue weighted by atomic mass is 9.76. The van der Waals surface area contributed by atoms with Gasteiger partial charge in [0.25, 0.3) is 0 Å². The van der Waals surface area contributed by atoms with E-state index in [1.165, 1.54) is 0 Å². The highest BCUT2D eigenvalue weighted by atomic mass is 16.5. The highest BCUT2D eigenvalue weighted by molar-refractivity contribution is 5.93. The van der Waals surface area contributed by atoms with Crippen LogP contribution >= 0.6 is 0 Å². The van der Waals surface area contributed by atoms with Crippen LogP contribution in [0.5, 0.6) is 5.75 Å². The van der Waals surface area contributed by atoms with Crippen molar-refractivity contribution < 1.29 is 19.1 Å². The molecule has 31 heavy (non-hydrogen) atoms. The Morgan fingerprint density at radius 3 is 2.94 bits per heavy atom. The van der Waals surface area contributed by atoms with Gasteiger partial charge < -0.3 is 19.3 Å². The number of rotatable bonds is 6. The Bertz CT molecular complexity index is 1040. The first-order valence-electron chi connectivity index (χ1n) is 10.4. The average molecular weight is 419 g/mol. The number of methoxy groups -OCH3 is 1. The molecule has 2 amide bonds. The van der Waals surface area contributed by atoms with Crippen molar-refractivity contribution in [2.45, 2.75) is 24.8 Å². The zero-order valence-corrected chi connectivity index (χ0v) is 17.6. The second-order valence-corrected chi connectivity index (χ2v) is 8.50. The highest BCUT2D eigenvalue weighted by Gasteiger charge is 2.67. The first kappa shape index (κ1) is 19.8. The van der Waals surface area contributed by atoms with Crippen molar-refractivity contribution in [1.29, 1.82) is 0 Å². The molecule has 0 saturated carbocycles. The van der Waals surface area contributed by atoms with Crippen molar-refractivity contribution >= 4 is 11.8 Å². The molecular formula is C24H25N3O4. The van der Waals surface area contributed by atoms with E-state index in [-0.39, 0.29) is 17.9 Å². The molecule has 7 heteroatoms. The molecule has 0 radical (unpaired) electrons. The van der Waals surface area contributed by atoms with Gasteiger partial charge in [-0.1, -0.05) is 30.4 Å². The molecule has 2 fully saturated rings. The summed E-state index contributed by atoms with van der Waals surface area (Å²) < 4.78 is 11.5. The SMILES string of the molecule is COc1cccc(CN2CC34C=CC(O3)C(C(=O)N(C)Cc3cccnc3)C4C2=O)c1. The van der Waals surface area contributed by atoms with Gasteiger partial charge in [-0.3, -0.25) is 14.6 Å². The molecule has 2 bridgehead atoms. The number of likely N-dealkylation sites (tertiary alicyclic amines) is 1. The van der Waals surface area contributed by atoms with Crippen molar-refractivity contribution in [2.24, 2.45) is 11.8 Å². The third-order valence-electron chi connectivity index (χ3n) is 6.49. The van der Waals surface area contributed by atoms with E-state index < -0.39 is 17.4 Å². The number of benzene rings is 1. The number of ether oxygens (including phenoxy) is 2. The van der Waals surface area contributed by atoms with E-state index in [9.17, 15) is 9.59 Å². The molecule has 4 heterocycles. The van der Waals surface area contributed by atoms with Gasteiger partial charge in [-0.25, -0.2) is 0 Å². The zero-order chi connectivity index (χ0) is 21.6. The van der Waals surface area contributed by atoms with Gasteiger partial charge in [-0.15, -0.1) is 0 Å². The molecule has 1 aromatic carbocycles. The van der Waals surface area contributed by atoms with Gasteiger partial charge in [0.1, 0.15) is 11.4 Å². The van der Waals surface area contributed by atoms with E-state index >= 15 is 0 Å². The number of aromatic nitrogens is 1. The van der Waals surface area contributed by atoms with E-state index in [1.807, 2.05) is 48.6 Å². The number of carbonyl (C=O) groups excluding carboxylic acids is 2. The number of fused-ring (bicyclic) bond motifs is 1. The Morgan fingerprint density at radius 1 is 1.32 bits per heavy atom. The third-order valence-corrected chi connectivity index (χ3v) is 6.49. The minimum Gasteiger partial charge on any atom is -0.497 e. The lowest BCUT2D eigenvalue weighted by molar-refractivity contribution is -0.142. The standard InChI is InChI=1S/C24H25N3O4/c1-26(13-17-6-4-10-25-12-17)22(28)20-19-8-9-24(31-19)15-27(23(29)21(20)24)14-16-5-3-7-18(11-16)30-2/h3-12,19-21H,13-15H2,1-2H3. The van der Waals surface area contributed by atoms with Crippen molar-refractivity contribution in [2.75, 3.05) is 20.7 Å². The Kier molecular flexibility index (Phi) is 4.78. The number of hydrogen-bond acceptors (Lipinski definition) is 5. The molecule has 160 valence electrons. The smallest absolute Gasteiger partial charge is 0.230 e. The molecule has 3 aliphatic rings.